The van der Waals surface area contributed by atoms with Crippen LogP contribution < -0.4 is 9.64 Å². The van der Waals surface area contributed by atoms with Gasteiger partial charge in [-0.15, -0.1) is 0 Å². The van der Waals surface area contributed by atoms with Gasteiger partial charge in [0.05, 0.1) is 18.1 Å². The van der Waals surface area contributed by atoms with Crippen LogP contribution in [0.4, 0.5) is 5.95 Å². The maximum Gasteiger partial charge on any atom is 0.246 e. The minimum Gasteiger partial charge on any atom is -0.495 e. The van der Waals surface area contributed by atoms with E-state index in [9.17, 15) is 8.42 Å². The number of hydrogen-bond donors (Lipinski definition) is 1. The maximum atomic E-state index is 13.1. The number of benzene rings is 2. The minimum atomic E-state index is -3.61. The van der Waals surface area contributed by atoms with Crippen LogP contribution in [0.25, 0.3) is 11.0 Å². The van der Waals surface area contributed by atoms with E-state index >= 15 is 0 Å². The number of imidazole rings is 1. The average Bonchev–Trinajstić information content (AvgIpc) is 3.11. The SMILES string of the molecule is COc1ccc(C)cc1S(=O)(=O)N1CCN(c2nc3ccc(C)cc3[nH]2)CC1. The number of hydrogen-bond acceptors (Lipinski definition) is 5. The smallest absolute Gasteiger partial charge is 0.246 e. The molecule has 0 aliphatic carbocycles. The van der Waals surface area contributed by atoms with Gasteiger partial charge in [-0.2, -0.15) is 4.31 Å². The van der Waals surface area contributed by atoms with Gasteiger partial charge in [-0.05, 0) is 49.2 Å². The Labute approximate surface area is 165 Å². The number of aromatic nitrogens is 2. The molecule has 1 fully saturated rings. The van der Waals surface area contributed by atoms with Crippen LogP contribution in [0.5, 0.6) is 5.75 Å². The molecule has 1 N–H and O–H groups in total. The van der Waals surface area contributed by atoms with E-state index in [1.54, 1.807) is 12.1 Å². The van der Waals surface area contributed by atoms with Gasteiger partial charge in [-0.3, -0.25) is 0 Å². The molecule has 0 bridgehead atoms. The summed E-state index contributed by atoms with van der Waals surface area (Å²) >= 11 is 0. The molecule has 1 aliphatic heterocycles. The first-order valence-corrected chi connectivity index (χ1v) is 10.7. The summed E-state index contributed by atoms with van der Waals surface area (Å²) < 4.78 is 33.1. The number of sulfonamides is 1. The monoisotopic (exact) mass is 400 g/mol. The highest BCUT2D eigenvalue weighted by atomic mass is 32.2. The summed E-state index contributed by atoms with van der Waals surface area (Å²) in [5.41, 5.74) is 3.97. The number of fused-ring (bicyclic) bond motifs is 1. The highest BCUT2D eigenvalue weighted by Crippen LogP contribution is 2.29. The summed E-state index contributed by atoms with van der Waals surface area (Å²) in [6, 6.07) is 11.3. The molecule has 2 heterocycles. The lowest BCUT2D eigenvalue weighted by atomic mass is 10.2. The lowest BCUT2D eigenvalue weighted by molar-refractivity contribution is 0.373. The van der Waals surface area contributed by atoms with Gasteiger partial charge in [0.25, 0.3) is 0 Å². The molecule has 0 unspecified atom stereocenters. The standard InChI is InChI=1S/C20H24N4O3S/c1-14-4-6-16-17(12-14)22-20(21-16)23-8-10-24(11-9-23)28(25,26)19-13-15(2)5-7-18(19)27-3/h4-7,12-13H,8-11H2,1-3H3,(H,21,22). The molecule has 0 radical (unpaired) electrons. The number of nitrogens with one attached hydrogen (secondary N) is 1. The number of rotatable bonds is 4. The van der Waals surface area contributed by atoms with E-state index in [1.807, 2.05) is 32.0 Å². The summed E-state index contributed by atoms with van der Waals surface area (Å²) in [4.78, 5) is 10.3. The van der Waals surface area contributed by atoms with Crippen molar-refractivity contribution in [2.75, 3.05) is 38.2 Å². The van der Waals surface area contributed by atoms with Gasteiger partial charge >= 0.3 is 0 Å². The summed E-state index contributed by atoms with van der Waals surface area (Å²) in [6.45, 7) is 5.87. The number of ether oxygens (including phenoxy) is 1. The van der Waals surface area contributed by atoms with Crippen LogP contribution in [0.3, 0.4) is 0 Å². The third-order valence-corrected chi connectivity index (χ3v) is 7.02. The summed E-state index contributed by atoms with van der Waals surface area (Å²) in [6.07, 6.45) is 0. The zero-order valence-corrected chi connectivity index (χ0v) is 17.1. The first-order chi connectivity index (χ1) is 13.4. The van der Waals surface area contributed by atoms with E-state index in [2.05, 4.69) is 20.9 Å². The van der Waals surface area contributed by atoms with Crippen LogP contribution in [-0.2, 0) is 10.0 Å². The number of aryl methyl sites for hydroxylation is 2. The van der Waals surface area contributed by atoms with Crippen LogP contribution in [0.2, 0.25) is 0 Å². The Morgan fingerprint density at radius 2 is 1.68 bits per heavy atom. The molecular weight excluding hydrogens is 376 g/mol. The van der Waals surface area contributed by atoms with Crippen molar-refractivity contribution < 1.29 is 13.2 Å². The molecular formula is C20H24N4O3S. The van der Waals surface area contributed by atoms with Crippen molar-refractivity contribution in [1.82, 2.24) is 14.3 Å². The molecule has 1 saturated heterocycles. The molecule has 3 aromatic rings. The van der Waals surface area contributed by atoms with Crippen LogP contribution in [-0.4, -0.2) is 56.0 Å². The third kappa shape index (κ3) is 3.33. The predicted molar refractivity (Wildman–Crippen MR) is 110 cm³/mol. The second-order valence-electron chi connectivity index (χ2n) is 7.13. The van der Waals surface area contributed by atoms with Gasteiger partial charge in [0, 0.05) is 26.2 Å². The molecule has 0 spiro atoms. The van der Waals surface area contributed by atoms with Crippen LogP contribution >= 0.6 is 0 Å². The Hall–Kier alpha value is -2.58. The van der Waals surface area contributed by atoms with Gasteiger partial charge in [-0.25, -0.2) is 13.4 Å². The Morgan fingerprint density at radius 3 is 2.39 bits per heavy atom. The number of aromatic amines is 1. The van der Waals surface area contributed by atoms with Crippen molar-refractivity contribution in [2.24, 2.45) is 0 Å². The second-order valence-corrected chi connectivity index (χ2v) is 9.03. The normalized spacial score (nSPS) is 15.9. The maximum absolute atomic E-state index is 13.1. The van der Waals surface area contributed by atoms with Crippen LogP contribution in [0.15, 0.2) is 41.3 Å². The largest absolute Gasteiger partial charge is 0.495 e. The highest BCUT2D eigenvalue weighted by molar-refractivity contribution is 7.89. The molecule has 4 rings (SSSR count). The van der Waals surface area contributed by atoms with E-state index in [-0.39, 0.29) is 4.90 Å². The molecule has 7 nitrogen and oxygen atoms in total. The fourth-order valence-corrected chi connectivity index (χ4v) is 5.19. The molecule has 1 aromatic heterocycles. The van der Waals surface area contributed by atoms with Gasteiger partial charge < -0.3 is 14.6 Å². The Bertz CT molecular complexity index is 1120. The Morgan fingerprint density at radius 1 is 1.00 bits per heavy atom. The average molecular weight is 401 g/mol. The van der Waals surface area contributed by atoms with Crippen molar-refractivity contribution in [3.05, 3.63) is 47.5 Å². The molecule has 148 valence electrons. The molecule has 0 amide bonds. The topological polar surface area (TPSA) is 78.5 Å². The summed E-state index contributed by atoms with van der Waals surface area (Å²) in [5.74, 6) is 1.16. The first-order valence-electron chi connectivity index (χ1n) is 9.24. The molecule has 8 heteroatoms. The summed E-state index contributed by atoms with van der Waals surface area (Å²) in [5, 5.41) is 0. The number of methoxy groups -OCH3 is 1. The minimum absolute atomic E-state index is 0.225. The Balaban J connectivity index is 1.54. The van der Waals surface area contributed by atoms with Crippen LogP contribution in [0.1, 0.15) is 11.1 Å². The van der Waals surface area contributed by atoms with E-state index < -0.39 is 10.0 Å². The molecule has 0 atom stereocenters. The number of nitrogens with zero attached hydrogens (tertiary/aromatic N) is 3. The number of piperazine rings is 1. The Kier molecular flexibility index (Phi) is 4.76. The van der Waals surface area contributed by atoms with E-state index in [0.29, 0.717) is 31.9 Å². The summed E-state index contributed by atoms with van der Waals surface area (Å²) in [7, 11) is -2.12. The van der Waals surface area contributed by atoms with E-state index in [1.165, 1.54) is 17.0 Å². The fraction of sp³-hybridized carbons (Fsp3) is 0.350. The number of H-pyrrole nitrogens is 1. The van der Waals surface area contributed by atoms with Crippen molar-refractivity contribution in [1.29, 1.82) is 0 Å². The zero-order valence-electron chi connectivity index (χ0n) is 16.3. The van der Waals surface area contributed by atoms with E-state index in [0.717, 1.165) is 22.5 Å². The predicted octanol–water partition coefficient (Wildman–Crippen LogP) is 2.70. The van der Waals surface area contributed by atoms with Gasteiger partial charge in [-0.1, -0.05) is 12.1 Å². The van der Waals surface area contributed by atoms with E-state index in [4.69, 9.17) is 4.74 Å². The first kappa shape index (κ1) is 18.8. The van der Waals surface area contributed by atoms with Gasteiger partial charge in [0.1, 0.15) is 10.6 Å². The second kappa shape index (κ2) is 7.10. The van der Waals surface area contributed by atoms with Crippen molar-refractivity contribution in [3.63, 3.8) is 0 Å². The molecule has 0 saturated carbocycles. The van der Waals surface area contributed by atoms with Gasteiger partial charge in [0.15, 0.2) is 0 Å². The number of anilines is 1. The molecule has 1 aliphatic rings. The highest BCUT2D eigenvalue weighted by Gasteiger charge is 2.31. The third-order valence-electron chi connectivity index (χ3n) is 5.10. The quantitative estimate of drug-likeness (QED) is 0.729. The molecule has 28 heavy (non-hydrogen) atoms. The lowest BCUT2D eigenvalue weighted by Crippen LogP contribution is -2.49. The van der Waals surface area contributed by atoms with Crippen molar-refractivity contribution in [3.8, 4) is 5.75 Å². The fourth-order valence-electron chi connectivity index (χ4n) is 3.52. The zero-order chi connectivity index (χ0) is 19.9. The lowest BCUT2D eigenvalue weighted by Gasteiger charge is -2.34. The molecule has 2 aromatic carbocycles. The van der Waals surface area contributed by atoms with Crippen molar-refractivity contribution in [2.45, 2.75) is 18.7 Å². The van der Waals surface area contributed by atoms with Gasteiger partial charge in [0.2, 0.25) is 16.0 Å². The van der Waals surface area contributed by atoms with Crippen LogP contribution in [0, 0.1) is 13.8 Å². The van der Waals surface area contributed by atoms with Crippen molar-refractivity contribution >= 4 is 27.0 Å².